The fourth-order valence-electron chi connectivity index (χ4n) is 2.00. The Morgan fingerprint density at radius 2 is 2.05 bits per heavy atom. The minimum atomic E-state index is -0.454. The van der Waals surface area contributed by atoms with Gasteiger partial charge in [0.15, 0.2) is 11.5 Å². The second-order valence-electron chi connectivity index (χ2n) is 4.46. The largest absolute Gasteiger partial charge is 0.462 e. The zero-order valence-electron chi connectivity index (χ0n) is 12.0. The van der Waals surface area contributed by atoms with Gasteiger partial charge in [-0.2, -0.15) is 9.61 Å². The van der Waals surface area contributed by atoms with Gasteiger partial charge in [-0.1, -0.05) is 18.2 Å². The molecule has 3 aromatic rings. The van der Waals surface area contributed by atoms with Gasteiger partial charge in [0.25, 0.3) is 0 Å². The first-order valence-corrected chi connectivity index (χ1v) is 6.86. The lowest BCUT2D eigenvalue weighted by atomic mass is 10.3. The molecule has 3 rings (SSSR count). The Morgan fingerprint density at radius 3 is 2.82 bits per heavy atom. The van der Waals surface area contributed by atoms with Crippen LogP contribution in [-0.4, -0.2) is 27.2 Å². The van der Waals surface area contributed by atoms with E-state index in [-0.39, 0.29) is 0 Å². The first-order valence-electron chi connectivity index (χ1n) is 6.86. The Balaban J connectivity index is 1.95. The number of nitrogens with zero attached hydrogens (tertiary/aromatic N) is 3. The number of hydrazine groups is 1. The number of nitrogens with one attached hydrogen (secondary N) is 2. The molecule has 0 saturated heterocycles. The van der Waals surface area contributed by atoms with Crippen LogP contribution >= 0.6 is 0 Å². The van der Waals surface area contributed by atoms with Crippen molar-refractivity contribution >= 4 is 23.1 Å². The van der Waals surface area contributed by atoms with Gasteiger partial charge in [-0.25, -0.2) is 9.78 Å². The second kappa shape index (κ2) is 6.13. The molecule has 112 valence electrons. The van der Waals surface area contributed by atoms with E-state index in [0.29, 0.717) is 23.6 Å². The van der Waals surface area contributed by atoms with Gasteiger partial charge in [0, 0.05) is 12.3 Å². The normalized spacial score (nSPS) is 10.4. The summed E-state index contributed by atoms with van der Waals surface area (Å²) in [6, 6.07) is 11.3. The van der Waals surface area contributed by atoms with Crippen LogP contribution in [0.4, 0.5) is 11.5 Å². The number of rotatable bonds is 5. The summed E-state index contributed by atoms with van der Waals surface area (Å²) in [6.45, 7) is 2.05. The minimum absolute atomic E-state index is 0.293. The van der Waals surface area contributed by atoms with Gasteiger partial charge in [-0.05, 0) is 19.1 Å². The van der Waals surface area contributed by atoms with Gasteiger partial charge >= 0.3 is 5.97 Å². The molecule has 0 aliphatic heterocycles. The van der Waals surface area contributed by atoms with Crippen molar-refractivity contribution in [1.82, 2.24) is 14.6 Å². The van der Waals surface area contributed by atoms with E-state index in [1.165, 1.54) is 6.20 Å². The van der Waals surface area contributed by atoms with Crippen molar-refractivity contribution in [2.24, 2.45) is 0 Å². The number of fused-ring (bicyclic) bond motifs is 1. The quantitative estimate of drug-likeness (QED) is 0.556. The first-order chi connectivity index (χ1) is 10.8. The SMILES string of the molecule is CCOC(=O)c1cnc2ccnn2c1NNc1ccccc1. The Labute approximate surface area is 126 Å². The molecule has 0 amide bonds. The van der Waals surface area contributed by atoms with Gasteiger partial charge in [0.2, 0.25) is 0 Å². The predicted molar refractivity (Wildman–Crippen MR) is 82.6 cm³/mol. The zero-order chi connectivity index (χ0) is 15.4. The zero-order valence-corrected chi connectivity index (χ0v) is 12.0. The van der Waals surface area contributed by atoms with E-state index >= 15 is 0 Å². The van der Waals surface area contributed by atoms with E-state index in [4.69, 9.17) is 4.74 Å². The number of para-hydroxylation sites is 1. The van der Waals surface area contributed by atoms with Gasteiger partial charge in [0.05, 0.1) is 18.5 Å². The highest BCUT2D eigenvalue weighted by atomic mass is 16.5. The number of hydrogen-bond donors (Lipinski definition) is 2. The van der Waals surface area contributed by atoms with E-state index in [1.807, 2.05) is 30.3 Å². The number of ether oxygens (including phenoxy) is 1. The van der Waals surface area contributed by atoms with Gasteiger partial charge in [-0.15, -0.1) is 0 Å². The third-order valence-electron chi connectivity index (χ3n) is 3.01. The highest BCUT2D eigenvalue weighted by Gasteiger charge is 2.17. The van der Waals surface area contributed by atoms with Gasteiger partial charge in [0.1, 0.15) is 5.56 Å². The fourth-order valence-corrected chi connectivity index (χ4v) is 2.00. The maximum atomic E-state index is 12.1. The second-order valence-corrected chi connectivity index (χ2v) is 4.46. The van der Waals surface area contributed by atoms with Crippen LogP contribution in [0.1, 0.15) is 17.3 Å². The molecule has 0 spiro atoms. The highest BCUT2D eigenvalue weighted by Crippen LogP contribution is 2.18. The van der Waals surface area contributed by atoms with Crippen molar-refractivity contribution in [3.8, 4) is 0 Å². The molecule has 22 heavy (non-hydrogen) atoms. The number of esters is 1. The van der Waals surface area contributed by atoms with E-state index < -0.39 is 5.97 Å². The topological polar surface area (TPSA) is 80.5 Å². The molecule has 2 aromatic heterocycles. The molecule has 0 atom stereocenters. The Hall–Kier alpha value is -3.09. The third-order valence-corrected chi connectivity index (χ3v) is 3.01. The van der Waals surface area contributed by atoms with E-state index in [1.54, 1.807) is 23.7 Å². The van der Waals surface area contributed by atoms with Gasteiger partial charge < -0.3 is 4.74 Å². The summed E-state index contributed by atoms with van der Waals surface area (Å²) < 4.78 is 6.60. The maximum Gasteiger partial charge on any atom is 0.343 e. The Bertz CT molecular complexity index is 785. The summed E-state index contributed by atoms with van der Waals surface area (Å²) in [7, 11) is 0. The molecule has 0 aliphatic carbocycles. The van der Waals surface area contributed by atoms with Crippen LogP contribution in [0.5, 0.6) is 0 Å². The Kier molecular flexibility index (Phi) is 3.86. The molecule has 0 bridgehead atoms. The van der Waals surface area contributed by atoms with Crippen LogP contribution in [0.3, 0.4) is 0 Å². The Morgan fingerprint density at radius 1 is 1.23 bits per heavy atom. The summed E-state index contributed by atoms with van der Waals surface area (Å²) in [4.78, 5) is 16.3. The number of hydrogen-bond acceptors (Lipinski definition) is 6. The van der Waals surface area contributed by atoms with Crippen molar-refractivity contribution in [3.05, 3.63) is 54.4 Å². The van der Waals surface area contributed by atoms with Crippen molar-refractivity contribution in [1.29, 1.82) is 0 Å². The number of carbonyl (C=O) groups excluding carboxylic acids is 1. The fraction of sp³-hybridized carbons (Fsp3) is 0.133. The van der Waals surface area contributed by atoms with Gasteiger partial charge in [-0.3, -0.25) is 10.9 Å². The summed E-state index contributed by atoms with van der Waals surface area (Å²) in [6.07, 6.45) is 3.09. The lowest BCUT2D eigenvalue weighted by molar-refractivity contribution is 0.0526. The van der Waals surface area contributed by atoms with Crippen molar-refractivity contribution < 1.29 is 9.53 Å². The van der Waals surface area contributed by atoms with Crippen LogP contribution in [0.2, 0.25) is 0 Å². The van der Waals surface area contributed by atoms with Crippen LogP contribution in [0.15, 0.2) is 48.8 Å². The average molecular weight is 297 g/mol. The summed E-state index contributed by atoms with van der Waals surface area (Å²) >= 11 is 0. The molecule has 0 saturated carbocycles. The lowest BCUT2D eigenvalue weighted by Gasteiger charge is -2.14. The molecule has 0 aliphatic rings. The molecule has 2 heterocycles. The lowest BCUT2D eigenvalue weighted by Crippen LogP contribution is -2.18. The summed E-state index contributed by atoms with van der Waals surface area (Å²) in [5.41, 5.74) is 7.83. The van der Waals surface area contributed by atoms with Crippen molar-refractivity contribution in [2.45, 2.75) is 6.92 Å². The molecule has 1 aromatic carbocycles. The molecule has 0 radical (unpaired) electrons. The predicted octanol–water partition coefficient (Wildman–Crippen LogP) is 2.34. The van der Waals surface area contributed by atoms with Crippen LogP contribution < -0.4 is 10.9 Å². The average Bonchev–Trinajstić information content (AvgIpc) is 3.02. The monoisotopic (exact) mass is 297 g/mol. The standard InChI is InChI=1S/C15H15N5O2/c1-2-22-15(21)12-10-16-13-8-9-17-20(13)14(12)19-18-11-6-4-3-5-7-11/h3-10,18-19H,2H2,1H3. The number of aromatic nitrogens is 3. The molecule has 7 heteroatoms. The number of carbonyl (C=O) groups is 1. The van der Waals surface area contributed by atoms with Crippen LogP contribution in [0.25, 0.3) is 5.65 Å². The van der Waals surface area contributed by atoms with E-state index in [0.717, 1.165) is 5.69 Å². The van der Waals surface area contributed by atoms with Crippen LogP contribution in [-0.2, 0) is 4.74 Å². The molecule has 2 N–H and O–H groups in total. The minimum Gasteiger partial charge on any atom is -0.462 e. The molecule has 7 nitrogen and oxygen atoms in total. The molecular formula is C15H15N5O2. The highest BCUT2D eigenvalue weighted by molar-refractivity contribution is 5.95. The summed E-state index contributed by atoms with van der Waals surface area (Å²) in [5, 5.41) is 4.18. The van der Waals surface area contributed by atoms with E-state index in [2.05, 4.69) is 20.9 Å². The van der Waals surface area contributed by atoms with Crippen LogP contribution in [0, 0.1) is 0 Å². The maximum absolute atomic E-state index is 12.1. The number of benzene rings is 1. The van der Waals surface area contributed by atoms with E-state index in [9.17, 15) is 4.79 Å². The van der Waals surface area contributed by atoms with Crippen molar-refractivity contribution in [2.75, 3.05) is 17.5 Å². The third kappa shape index (κ3) is 2.69. The first kappa shape index (κ1) is 13.9. The summed E-state index contributed by atoms with van der Waals surface area (Å²) in [5.74, 6) is 0.0158. The molecule has 0 unspecified atom stereocenters. The molecular weight excluding hydrogens is 282 g/mol. The van der Waals surface area contributed by atoms with Crippen molar-refractivity contribution in [3.63, 3.8) is 0 Å². The molecule has 0 fully saturated rings. The number of anilines is 2. The smallest absolute Gasteiger partial charge is 0.343 e.